The van der Waals surface area contributed by atoms with E-state index in [4.69, 9.17) is 0 Å². The van der Waals surface area contributed by atoms with E-state index in [2.05, 4.69) is 12.2 Å². The predicted octanol–water partition coefficient (Wildman–Crippen LogP) is 2.50. The van der Waals surface area contributed by atoms with Crippen LogP contribution in [0.15, 0.2) is 24.3 Å². The lowest BCUT2D eigenvalue weighted by Crippen LogP contribution is -2.31. The second-order valence-corrected chi connectivity index (χ2v) is 6.59. The van der Waals surface area contributed by atoms with Crippen molar-refractivity contribution >= 4 is 10.8 Å². The lowest BCUT2D eigenvalue weighted by molar-refractivity contribution is 0.529. The molecule has 1 aromatic rings. The minimum atomic E-state index is -0.756. The second-order valence-electron chi connectivity index (χ2n) is 4.79. The van der Waals surface area contributed by atoms with Crippen molar-refractivity contribution in [2.75, 3.05) is 12.8 Å². The molecule has 4 heteroatoms. The number of hydrogen-bond acceptors (Lipinski definition) is 2. The highest BCUT2D eigenvalue weighted by molar-refractivity contribution is 7.84. The smallest absolute Gasteiger partial charge is 0.123 e. The summed E-state index contributed by atoms with van der Waals surface area (Å²) in [6, 6.07) is 7.00. The van der Waals surface area contributed by atoms with Crippen LogP contribution in [0.4, 0.5) is 4.39 Å². The molecule has 0 aliphatic heterocycles. The highest BCUT2D eigenvalue weighted by Gasteiger charge is 2.07. The maximum Gasteiger partial charge on any atom is 0.123 e. The minimum absolute atomic E-state index is 0.185. The summed E-state index contributed by atoms with van der Waals surface area (Å²) in [6.45, 7) is 4.92. The molecule has 1 rings (SSSR count). The maximum absolute atomic E-state index is 13.0. The van der Waals surface area contributed by atoms with Crippen LogP contribution in [0.3, 0.4) is 0 Å². The van der Waals surface area contributed by atoms with Crippen molar-refractivity contribution in [1.82, 2.24) is 5.32 Å². The van der Waals surface area contributed by atoms with Gasteiger partial charge in [-0.25, -0.2) is 4.39 Å². The van der Waals surface area contributed by atoms with Gasteiger partial charge in [0, 0.05) is 28.3 Å². The fourth-order valence-corrected chi connectivity index (χ4v) is 2.24. The van der Waals surface area contributed by atoms with E-state index < -0.39 is 10.8 Å². The first-order chi connectivity index (χ1) is 8.49. The van der Waals surface area contributed by atoms with Gasteiger partial charge in [0.2, 0.25) is 0 Å². The molecule has 0 bridgehead atoms. The van der Waals surface area contributed by atoms with Gasteiger partial charge in [-0.05, 0) is 44.0 Å². The topological polar surface area (TPSA) is 29.1 Å². The molecule has 0 saturated carbocycles. The van der Waals surface area contributed by atoms with Gasteiger partial charge in [0.05, 0.1) is 0 Å². The van der Waals surface area contributed by atoms with Crippen LogP contribution in [0.5, 0.6) is 0 Å². The Kier molecular flexibility index (Phi) is 6.50. The van der Waals surface area contributed by atoms with E-state index in [0.717, 1.165) is 24.9 Å². The van der Waals surface area contributed by atoms with Gasteiger partial charge in [-0.2, -0.15) is 0 Å². The average Bonchev–Trinajstić information content (AvgIpc) is 2.28. The summed E-state index contributed by atoms with van der Waals surface area (Å²) in [4.78, 5) is 0. The maximum atomic E-state index is 13.0. The largest absolute Gasteiger partial charge is 0.314 e. The van der Waals surface area contributed by atoms with E-state index in [1.807, 2.05) is 13.0 Å². The van der Waals surface area contributed by atoms with Gasteiger partial charge in [-0.15, -0.1) is 0 Å². The van der Waals surface area contributed by atoms with E-state index in [1.54, 1.807) is 18.4 Å². The molecule has 0 saturated heterocycles. The monoisotopic (exact) mass is 271 g/mol. The molecule has 18 heavy (non-hydrogen) atoms. The standard InChI is InChI=1S/C14H22FNOS/c1-11(16-8-7-12(2)18(3)17)9-13-5-4-6-14(15)10-13/h4-6,10-12,16H,7-9H2,1-3H3. The van der Waals surface area contributed by atoms with Crippen molar-refractivity contribution in [2.24, 2.45) is 0 Å². The normalized spacial score (nSPS) is 16.2. The number of benzene rings is 1. The number of hydrogen-bond donors (Lipinski definition) is 1. The highest BCUT2D eigenvalue weighted by atomic mass is 32.2. The van der Waals surface area contributed by atoms with Crippen molar-refractivity contribution in [3.05, 3.63) is 35.6 Å². The number of nitrogens with one attached hydrogen (secondary N) is 1. The third-order valence-corrected chi connectivity index (χ3v) is 4.41. The Morgan fingerprint density at radius 2 is 2.11 bits per heavy atom. The summed E-state index contributed by atoms with van der Waals surface area (Å²) in [7, 11) is -0.756. The Morgan fingerprint density at radius 1 is 1.39 bits per heavy atom. The molecule has 0 aliphatic rings. The summed E-state index contributed by atoms with van der Waals surface area (Å²) >= 11 is 0. The zero-order valence-electron chi connectivity index (χ0n) is 11.3. The van der Waals surface area contributed by atoms with Crippen molar-refractivity contribution in [3.8, 4) is 0 Å². The first-order valence-electron chi connectivity index (χ1n) is 6.29. The molecule has 1 aromatic carbocycles. The molecule has 0 radical (unpaired) electrons. The molecule has 0 spiro atoms. The molecule has 0 aromatic heterocycles. The average molecular weight is 271 g/mol. The Bertz CT molecular complexity index is 397. The summed E-state index contributed by atoms with van der Waals surface area (Å²) in [5, 5.41) is 3.60. The van der Waals surface area contributed by atoms with Gasteiger partial charge in [-0.3, -0.25) is 4.21 Å². The van der Waals surface area contributed by atoms with Crippen molar-refractivity contribution in [2.45, 2.75) is 38.0 Å². The molecule has 3 atom stereocenters. The van der Waals surface area contributed by atoms with Crippen molar-refractivity contribution < 1.29 is 8.60 Å². The zero-order chi connectivity index (χ0) is 13.5. The zero-order valence-corrected chi connectivity index (χ0v) is 12.1. The number of halogens is 1. The Balaban J connectivity index is 2.29. The Morgan fingerprint density at radius 3 is 2.72 bits per heavy atom. The fourth-order valence-electron chi connectivity index (χ4n) is 1.79. The molecular weight excluding hydrogens is 249 g/mol. The van der Waals surface area contributed by atoms with E-state index in [0.29, 0.717) is 6.04 Å². The summed E-state index contributed by atoms with van der Waals surface area (Å²) < 4.78 is 24.2. The summed E-state index contributed by atoms with van der Waals surface area (Å²) in [6.07, 6.45) is 3.44. The van der Waals surface area contributed by atoms with E-state index in [9.17, 15) is 8.60 Å². The van der Waals surface area contributed by atoms with Crippen LogP contribution in [0.2, 0.25) is 0 Å². The van der Waals surface area contributed by atoms with Crippen LogP contribution < -0.4 is 5.32 Å². The van der Waals surface area contributed by atoms with Crippen LogP contribution in [0.1, 0.15) is 25.8 Å². The first kappa shape index (κ1) is 15.3. The second kappa shape index (κ2) is 7.64. The fraction of sp³-hybridized carbons (Fsp3) is 0.571. The minimum Gasteiger partial charge on any atom is -0.314 e. The van der Waals surface area contributed by atoms with Gasteiger partial charge < -0.3 is 5.32 Å². The quantitative estimate of drug-likeness (QED) is 0.825. The Labute approximate surface area is 111 Å². The first-order valence-corrected chi connectivity index (χ1v) is 7.91. The van der Waals surface area contributed by atoms with Gasteiger partial charge in [0.25, 0.3) is 0 Å². The molecule has 2 nitrogen and oxygen atoms in total. The molecule has 0 fully saturated rings. The van der Waals surface area contributed by atoms with Gasteiger partial charge >= 0.3 is 0 Å². The van der Waals surface area contributed by atoms with Crippen LogP contribution >= 0.6 is 0 Å². The molecule has 0 amide bonds. The third kappa shape index (κ3) is 5.74. The van der Waals surface area contributed by atoms with Crippen LogP contribution in [0.25, 0.3) is 0 Å². The molecular formula is C14H22FNOS. The van der Waals surface area contributed by atoms with E-state index in [-0.39, 0.29) is 11.1 Å². The van der Waals surface area contributed by atoms with E-state index >= 15 is 0 Å². The van der Waals surface area contributed by atoms with Gasteiger partial charge in [0.15, 0.2) is 0 Å². The third-order valence-electron chi connectivity index (χ3n) is 3.04. The SMILES string of the molecule is CC(Cc1cccc(F)c1)NCCC(C)S(C)=O. The van der Waals surface area contributed by atoms with Crippen LogP contribution in [0, 0.1) is 5.82 Å². The molecule has 1 N–H and O–H groups in total. The lowest BCUT2D eigenvalue weighted by Gasteiger charge is -2.15. The summed E-state index contributed by atoms with van der Waals surface area (Å²) in [5.74, 6) is -0.185. The highest BCUT2D eigenvalue weighted by Crippen LogP contribution is 2.06. The summed E-state index contributed by atoms with van der Waals surface area (Å²) in [5.41, 5.74) is 1.00. The lowest BCUT2D eigenvalue weighted by atomic mass is 10.1. The molecule has 3 unspecified atom stereocenters. The van der Waals surface area contributed by atoms with Gasteiger partial charge in [0.1, 0.15) is 5.82 Å². The van der Waals surface area contributed by atoms with Crippen molar-refractivity contribution in [3.63, 3.8) is 0 Å². The van der Waals surface area contributed by atoms with E-state index in [1.165, 1.54) is 6.07 Å². The van der Waals surface area contributed by atoms with Crippen LogP contribution in [-0.4, -0.2) is 28.3 Å². The van der Waals surface area contributed by atoms with Gasteiger partial charge in [-0.1, -0.05) is 19.1 Å². The van der Waals surface area contributed by atoms with Crippen LogP contribution in [-0.2, 0) is 17.2 Å². The molecule has 0 aliphatic carbocycles. The Hall–Kier alpha value is -0.740. The molecule has 102 valence electrons. The number of rotatable bonds is 7. The van der Waals surface area contributed by atoms with Crippen molar-refractivity contribution in [1.29, 1.82) is 0 Å². The predicted molar refractivity (Wildman–Crippen MR) is 75.7 cm³/mol. The molecule has 0 heterocycles.